The Kier molecular flexibility index (Phi) is 8.42. The Balaban J connectivity index is 4.59. The fourth-order valence-corrected chi connectivity index (χ4v) is 2.05. The standard InChI is InChI=1S/C14H26O4/c1-4-7-9-14(6-3,10-8-5-2)18-13(17)11-12(15)16/h4-11H2,1-3H3,(H,15,16). The molecule has 0 atom stereocenters. The normalized spacial score (nSPS) is 11.3. The van der Waals surface area contributed by atoms with E-state index in [-0.39, 0.29) is 0 Å². The van der Waals surface area contributed by atoms with Gasteiger partial charge in [0, 0.05) is 0 Å². The van der Waals surface area contributed by atoms with Crippen molar-refractivity contribution in [3.05, 3.63) is 0 Å². The molecule has 0 radical (unpaired) electrons. The summed E-state index contributed by atoms with van der Waals surface area (Å²) >= 11 is 0. The first kappa shape index (κ1) is 16.9. The van der Waals surface area contributed by atoms with E-state index in [2.05, 4.69) is 13.8 Å². The van der Waals surface area contributed by atoms with E-state index in [1.54, 1.807) is 0 Å². The molecule has 0 saturated carbocycles. The van der Waals surface area contributed by atoms with Crippen molar-refractivity contribution in [1.82, 2.24) is 0 Å². The molecule has 0 aromatic carbocycles. The van der Waals surface area contributed by atoms with E-state index in [0.29, 0.717) is 0 Å². The third-order valence-electron chi connectivity index (χ3n) is 3.24. The zero-order valence-corrected chi connectivity index (χ0v) is 11.8. The molecule has 0 aromatic heterocycles. The lowest BCUT2D eigenvalue weighted by Crippen LogP contribution is -2.35. The largest absolute Gasteiger partial charge is 0.481 e. The second-order valence-corrected chi connectivity index (χ2v) is 4.79. The molecule has 1 N–H and O–H groups in total. The van der Waals surface area contributed by atoms with Gasteiger partial charge in [-0.1, -0.05) is 33.6 Å². The molecule has 0 aliphatic carbocycles. The summed E-state index contributed by atoms with van der Waals surface area (Å²) in [6.45, 7) is 6.19. The highest BCUT2D eigenvalue weighted by Gasteiger charge is 2.31. The van der Waals surface area contributed by atoms with Crippen LogP contribution in [0.2, 0.25) is 0 Å². The lowest BCUT2D eigenvalue weighted by atomic mass is 9.88. The van der Waals surface area contributed by atoms with E-state index in [1.165, 1.54) is 0 Å². The summed E-state index contributed by atoms with van der Waals surface area (Å²) in [6, 6.07) is 0. The highest BCUT2D eigenvalue weighted by molar-refractivity contribution is 5.90. The van der Waals surface area contributed by atoms with Crippen molar-refractivity contribution < 1.29 is 19.4 Å². The number of esters is 1. The van der Waals surface area contributed by atoms with Gasteiger partial charge in [0.25, 0.3) is 0 Å². The van der Waals surface area contributed by atoms with Crippen molar-refractivity contribution in [3.63, 3.8) is 0 Å². The summed E-state index contributed by atoms with van der Waals surface area (Å²) in [4.78, 5) is 22.1. The first-order valence-electron chi connectivity index (χ1n) is 6.93. The Morgan fingerprint density at radius 1 is 1.06 bits per heavy atom. The molecule has 0 rings (SSSR count). The number of ether oxygens (including phenoxy) is 1. The number of carbonyl (C=O) groups excluding carboxylic acids is 1. The van der Waals surface area contributed by atoms with Gasteiger partial charge in [-0.2, -0.15) is 0 Å². The first-order valence-corrected chi connectivity index (χ1v) is 6.93. The summed E-state index contributed by atoms with van der Waals surface area (Å²) in [5, 5.41) is 8.60. The van der Waals surface area contributed by atoms with Crippen LogP contribution in [0.5, 0.6) is 0 Å². The van der Waals surface area contributed by atoms with Crippen LogP contribution in [0.4, 0.5) is 0 Å². The third-order valence-corrected chi connectivity index (χ3v) is 3.24. The van der Waals surface area contributed by atoms with Crippen LogP contribution in [-0.4, -0.2) is 22.6 Å². The predicted molar refractivity (Wildman–Crippen MR) is 70.4 cm³/mol. The van der Waals surface area contributed by atoms with Crippen LogP contribution in [0.1, 0.15) is 72.1 Å². The van der Waals surface area contributed by atoms with Crippen molar-refractivity contribution in [3.8, 4) is 0 Å². The Hall–Kier alpha value is -1.06. The molecule has 4 nitrogen and oxygen atoms in total. The Labute approximate surface area is 110 Å². The topological polar surface area (TPSA) is 63.6 Å². The van der Waals surface area contributed by atoms with Crippen molar-refractivity contribution in [1.29, 1.82) is 0 Å². The van der Waals surface area contributed by atoms with E-state index in [0.717, 1.165) is 44.9 Å². The predicted octanol–water partition coefficient (Wildman–Crippen LogP) is 3.53. The van der Waals surface area contributed by atoms with Crippen molar-refractivity contribution in [2.75, 3.05) is 0 Å². The summed E-state index contributed by atoms with van der Waals surface area (Å²) in [5.41, 5.74) is -0.460. The van der Waals surface area contributed by atoms with Gasteiger partial charge in [0.05, 0.1) is 0 Å². The van der Waals surface area contributed by atoms with Gasteiger partial charge in [0.2, 0.25) is 0 Å². The van der Waals surface area contributed by atoms with Gasteiger partial charge >= 0.3 is 11.9 Å². The van der Waals surface area contributed by atoms with Crippen molar-refractivity contribution in [2.45, 2.75) is 77.7 Å². The third kappa shape index (κ3) is 6.62. The zero-order valence-electron chi connectivity index (χ0n) is 11.8. The summed E-state index contributed by atoms with van der Waals surface area (Å²) in [6.07, 6.45) is 5.94. The molecule has 0 aliphatic heterocycles. The second kappa shape index (κ2) is 8.95. The van der Waals surface area contributed by atoms with E-state index in [4.69, 9.17) is 9.84 Å². The minimum Gasteiger partial charge on any atom is -0.481 e. The fraction of sp³-hybridized carbons (Fsp3) is 0.857. The molecule has 0 bridgehead atoms. The molecule has 106 valence electrons. The quantitative estimate of drug-likeness (QED) is 0.481. The van der Waals surface area contributed by atoms with E-state index < -0.39 is 24.0 Å². The van der Waals surface area contributed by atoms with E-state index in [1.807, 2.05) is 6.92 Å². The van der Waals surface area contributed by atoms with Crippen LogP contribution in [0, 0.1) is 0 Å². The van der Waals surface area contributed by atoms with Gasteiger partial charge in [-0.15, -0.1) is 0 Å². The Morgan fingerprint density at radius 2 is 1.56 bits per heavy atom. The van der Waals surface area contributed by atoms with Crippen LogP contribution in [0.3, 0.4) is 0 Å². The number of carboxylic acid groups (broad SMARTS) is 1. The summed E-state index contributed by atoms with van der Waals surface area (Å²) in [5.74, 6) is -1.74. The molecule has 4 heteroatoms. The lowest BCUT2D eigenvalue weighted by molar-refractivity contribution is -0.166. The number of rotatable bonds is 10. The number of aliphatic carboxylic acids is 1. The molecule has 0 heterocycles. The second-order valence-electron chi connectivity index (χ2n) is 4.79. The zero-order chi connectivity index (χ0) is 14.0. The van der Waals surface area contributed by atoms with Crippen LogP contribution in [-0.2, 0) is 14.3 Å². The highest BCUT2D eigenvalue weighted by Crippen LogP contribution is 2.30. The maximum absolute atomic E-state index is 11.6. The van der Waals surface area contributed by atoms with Crippen molar-refractivity contribution in [2.24, 2.45) is 0 Å². The minimum atomic E-state index is -1.13. The molecular formula is C14H26O4. The molecule has 18 heavy (non-hydrogen) atoms. The van der Waals surface area contributed by atoms with Crippen LogP contribution >= 0.6 is 0 Å². The van der Waals surface area contributed by atoms with Crippen LogP contribution in [0.15, 0.2) is 0 Å². The van der Waals surface area contributed by atoms with Gasteiger partial charge in [0.15, 0.2) is 0 Å². The lowest BCUT2D eigenvalue weighted by Gasteiger charge is -2.32. The molecule has 0 saturated heterocycles. The highest BCUT2D eigenvalue weighted by atomic mass is 16.6. The Bertz CT molecular complexity index is 253. The smallest absolute Gasteiger partial charge is 0.317 e. The van der Waals surface area contributed by atoms with Gasteiger partial charge in [0.1, 0.15) is 12.0 Å². The minimum absolute atomic E-state index is 0.460. The first-order chi connectivity index (χ1) is 8.49. The van der Waals surface area contributed by atoms with Crippen LogP contribution in [0.25, 0.3) is 0 Å². The maximum Gasteiger partial charge on any atom is 0.317 e. The van der Waals surface area contributed by atoms with Crippen molar-refractivity contribution >= 4 is 11.9 Å². The summed E-state index contributed by atoms with van der Waals surface area (Å²) < 4.78 is 5.48. The van der Waals surface area contributed by atoms with Gasteiger partial charge in [-0.3, -0.25) is 9.59 Å². The SMILES string of the molecule is CCCCC(CC)(CCCC)OC(=O)CC(=O)O. The molecule has 0 unspecified atom stereocenters. The molecule has 0 fully saturated rings. The molecule has 0 aromatic rings. The number of hydrogen-bond donors (Lipinski definition) is 1. The van der Waals surface area contributed by atoms with Crippen LogP contribution < -0.4 is 0 Å². The van der Waals surface area contributed by atoms with Gasteiger partial charge in [-0.25, -0.2) is 0 Å². The average Bonchev–Trinajstić information content (AvgIpc) is 2.32. The van der Waals surface area contributed by atoms with E-state index in [9.17, 15) is 9.59 Å². The summed E-state index contributed by atoms with van der Waals surface area (Å²) in [7, 11) is 0. The number of carboxylic acids is 1. The fourth-order valence-electron chi connectivity index (χ4n) is 2.05. The number of unbranched alkanes of at least 4 members (excludes halogenated alkanes) is 2. The molecule has 0 amide bonds. The maximum atomic E-state index is 11.6. The molecular weight excluding hydrogens is 232 g/mol. The molecule has 0 aliphatic rings. The van der Waals surface area contributed by atoms with E-state index >= 15 is 0 Å². The molecule has 0 spiro atoms. The number of hydrogen-bond acceptors (Lipinski definition) is 3. The monoisotopic (exact) mass is 258 g/mol. The van der Waals surface area contributed by atoms with Gasteiger partial charge in [-0.05, 0) is 32.1 Å². The number of carbonyl (C=O) groups is 2. The van der Waals surface area contributed by atoms with Gasteiger partial charge < -0.3 is 9.84 Å². The Morgan fingerprint density at radius 3 is 1.89 bits per heavy atom. The average molecular weight is 258 g/mol.